The van der Waals surface area contributed by atoms with Crippen LogP contribution in [-0.2, 0) is 14.8 Å². The van der Waals surface area contributed by atoms with Crippen molar-refractivity contribution in [2.75, 3.05) is 20.1 Å². The normalized spacial score (nSPS) is 17.0. The molecule has 164 valence electrons. The van der Waals surface area contributed by atoms with Gasteiger partial charge in [-0.25, -0.2) is 18.4 Å². The number of piperidine rings is 1. The number of halogens is 1. The molecule has 0 bridgehead atoms. The molecule has 3 heterocycles. The Morgan fingerprint density at radius 1 is 1.23 bits per heavy atom. The van der Waals surface area contributed by atoms with Crippen LogP contribution >= 0.6 is 22.9 Å². The fourth-order valence-electron chi connectivity index (χ4n) is 3.76. The molecule has 1 unspecified atom stereocenters. The van der Waals surface area contributed by atoms with Crippen molar-refractivity contribution in [3.05, 3.63) is 52.8 Å². The summed E-state index contributed by atoms with van der Waals surface area (Å²) >= 11 is 7.58. The quantitative estimate of drug-likeness (QED) is 0.518. The first kappa shape index (κ1) is 22.1. The van der Waals surface area contributed by atoms with E-state index in [1.54, 1.807) is 29.4 Å². The molecule has 1 fully saturated rings. The van der Waals surface area contributed by atoms with E-state index in [0.717, 1.165) is 15.2 Å². The summed E-state index contributed by atoms with van der Waals surface area (Å²) < 4.78 is 28.3. The number of thiazole rings is 1. The van der Waals surface area contributed by atoms with Gasteiger partial charge in [-0.3, -0.25) is 4.79 Å². The third-order valence-electron chi connectivity index (χ3n) is 5.74. The Morgan fingerprint density at radius 3 is 2.61 bits per heavy atom. The van der Waals surface area contributed by atoms with Gasteiger partial charge in [0.25, 0.3) is 0 Å². The van der Waals surface area contributed by atoms with Crippen LogP contribution in [0.5, 0.6) is 0 Å². The molecule has 2 aromatic heterocycles. The lowest BCUT2D eigenvalue weighted by Crippen LogP contribution is -2.44. The molecule has 1 saturated heterocycles. The topological polar surface area (TPSA) is 83.5 Å². The Balaban J connectivity index is 1.42. The largest absolute Gasteiger partial charge is 0.336 e. The number of nitrogens with zero attached hydrogens (tertiary/aromatic N) is 4. The summed E-state index contributed by atoms with van der Waals surface area (Å²) in [6, 6.07) is 10.8. The minimum Gasteiger partial charge on any atom is -0.336 e. The van der Waals surface area contributed by atoms with Gasteiger partial charge in [0.1, 0.15) is 15.1 Å². The van der Waals surface area contributed by atoms with E-state index in [0.29, 0.717) is 12.8 Å². The molecule has 1 aromatic carbocycles. The molecule has 3 aromatic rings. The minimum absolute atomic E-state index is 0.00280. The Kier molecular flexibility index (Phi) is 6.30. The Morgan fingerprint density at radius 2 is 1.94 bits per heavy atom. The molecular weight excluding hydrogens is 456 g/mol. The van der Waals surface area contributed by atoms with Crippen molar-refractivity contribution < 1.29 is 13.2 Å². The second-order valence-electron chi connectivity index (χ2n) is 7.62. The Bertz CT molecular complexity index is 1170. The van der Waals surface area contributed by atoms with E-state index in [-0.39, 0.29) is 41.0 Å². The molecule has 1 aliphatic rings. The summed E-state index contributed by atoms with van der Waals surface area (Å²) in [4.78, 5) is 23.4. The number of para-hydroxylation sites is 1. The lowest BCUT2D eigenvalue weighted by molar-refractivity contribution is -0.137. The molecule has 0 N–H and O–H groups in total. The third kappa shape index (κ3) is 4.32. The molecule has 4 rings (SSSR count). The lowest BCUT2D eigenvalue weighted by Gasteiger charge is -2.34. The molecule has 1 aliphatic heterocycles. The minimum atomic E-state index is -3.73. The number of pyridine rings is 1. The lowest BCUT2D eigenvalue weighted by atomic mass is 9.96. The highest BCUT2D eigenvalue weighted by Crippen LogP contribution is 2.32. The van der Waals surface area contributed by atoms with E-state index in [9.17, 15) is 13.2 Å². The SMILES string of the molecule is CC(c1nc2ccccc2s1)N(C)C(=O)C1CCN(S(=O)(=O)c2cccnc2Cl)CC1. The standard InChI is InChI=1S/C21H23ClN4O3S2/c1-14(20-24-16-6-3-4-7-17(16)30-20)25(2)21(27)15-9-12-26(13-10-15)31(28,29)18-8-5-11-23-19(18)22/h3-8,11,14-15H,9-10,12-13H2,1-2H3. The highest BCUT2D eigenvalue weighted by atomic mass is 35.5. The van der Waals surface area contributed by atoms with Crippen LogP contribution in [0.25, 0.3) is 10.2 Å². The van der Waals surface area contributed by atoms with Gasteiger partial charge in [0.05, 0.1) is 16.3 Å². The second-order valence-corrected chi connectivity index (χ2v) is 10.9. The van der Waals surface area contributed by atoms with Crippen molar-refractivity contribution in [2.45, 2.75) is 30.7 Å². The fourth-order valence-corrected chi connectivity index (χ4v) is 6.72. The maximum Gasteiger partial charge on any atom is 0.246 e. The van der Waals surface area contributed by atoms with Crippen LogP contribution in [0.2, 0.25) is 5.15 Å². The van der Waals surface area contributed by atoms with Crippen LogP contribution in [0, 0.1) is 5.92 Å². The molecular formula is C21H23ClN4O3S2. The van der Waals surface area contributed by atoms with Crippen LogP contribution in [0.4, 0.5) is 0 Å². The number of fused-ring (bicyclic) bond motifs is 1. The van der Waals surface area contributed by atoms with Crippen molar-refractivity contribution in [1.29, 1.82) is 0 Å². The molecule has 0 saturated carbocycles. The number of aromatic nitrogens is 2. The van der Waals surface area contributed by atoms with E-state index in [1.807, 2.05) is 31.2 Å². The molecule has 1 amide bonds. The van der Waals surface area contributed by atoms with Gasteiger partial charge in [-0.1, -0.05) is 23.7 Å². The first-order valence-corrected chi connectivity index (χ1v) is 12.7. The van der Waals surface area contributed by atoms with Gasteiger partial charge in [-0.15, -0.1) is 11.3 Å². The number of carbonyl (C=O) groups is 1. The van der Waals surface area contributed by atoms with E-state index in [4.69, 9.17) is 11.6 Å². The van der Waals surface area contributed by atoms with Gasteiger partial charge in [0.2, 0.25) is 15.9 Å². The summed E-state index contributed by atoms with van der Waals surface area (Å²) in [7, 11) is -1.94. The first-order chi connectivity index (χ1) is 14.8. The van der Waals surface area contributed by atoms with E-state index < -0.39 is 10.0 Å². The monoisotopic (exact) mass is 478 g/mol. The molecule has 0 spiro atoms. The Labute approximate surface area is 190 Å². The number of hydrogen-bond acceptors (Lipinski definition) is 6. The van der Waals surface area contributed by atoms with Crippen molar-refractivity contribution in [2.24, 2.45) is 5.92 Å². The summed E-state index contributed by atoms with van der Waals surface area (Å²) in [6.07, 6.45) is 2.38. The molecule has 0 radical (unpaired) electrons. The molecule has 0 aliphatic carbocycles. The zero-order valence-electron chi connectivity index (χ0n) is 17.2. The number of sulfonamides is 1. The third-order valence-corrected chi connectivity index (χ3v) is 9.29. The molecule has 31 heavy (non-hydrogen) atoms. The highest BCUT2D eigenvalue weighted by Gasteiger charge is 2.35. The number of rotatable bonds is 5. The van der Waals surface area contributed by atoms with Crippen LogP contribution in [0.1, 0.15) is 30.8 Å². The predicted molar refractivity (Wildman–Crippen MR) is 122 cm³/mol. The van der Waals surface area contributed by atoms with Crippen LogP contribution in [0.3, 0.4) is 0 Å². The first-order valence-electron chi connectivity index (χ1n) is 10.0. The molecule has 7 nitrogen and oxygen atoms in total. The summed E-state index contributed by atoms with van der Waals surface area (Å²) in [6.45, 7) is 2.51. The average molecular weight is 479 g/mol. The number of benzene rings is 1. The van der Waals surface area contributed by atoms with Crippen molar-refractivity contribution in [1.82, 2.24) is 19.2 Å². The van der Waals surface area contributed by atoms with Gasteiger partial charge in [-0.2, -0.15) is 4.31 Å². The van der Waals surface area contributed by atoms with Crippen LogP contribution < -0.4 is 0 Å². The zero-order valence-corrected chi connectivity index (χ0v) is 19.6. The smallest absolute Gasteiger partial charge is 0.246 e. The maximum atomic E-state index is 13.1. The Hall–Kier alpha value is -2.07. The van der Waals surface area contributed by atoms with Gasteiger partial charge >= 0.3 is 0 Å². The van der Waals surface area contributed by atoms with Crippen molar-refractivity contribution >= 4 is 49.1 Å². The van der Waals surface area contributed by atoms with Crippen molar-refractivity contribution in [3.8, 4) is 0 Å². The number of carbonyl (C=O) groups excluding carboxylic acids is 1. The molecule has 1 atom stereocenters. The molecule has 10 heteroatoms. The van der Waals surface area contributed by atoms with E-state index in [2.05, 4.69) is 9.97 Å². The average Bonchev–Trinajstić information content (AvgIpc) is 3.22. The van der Waals surface area contributed by atoms with Crippen molar-refractivity contribution in [3.63, 3.8) is 0 Å². The fraction of sp³-hybridized carbons (Fsp3) is 0.381. The van der Waals surface area contributed by atoms with Gasteiger partial charge in [0, 0.05) is 32.3 Å². The number of amides is 1. The predicted octanol–water partition coefficient (Wildman–Crippen LogP) is 3.97. The van der Waals surface area contributed by atoms with Crippen LogP contribution in [-0.4, -0.2) is 53.6 Å². The van der Waals surface area contributed by atoms with Gasteiger partial charge in [0.15, 0.2) is 0 Å². The summed E-state index contributed by atoms with van der Waals surface area (Å²) in [5, 5.41) is 0.855. The van der Waals surface area contributed by atoms with Gasteiger partial charge in [-0.05, 0) is 44.0 Å². The highest BCUT2D eigenvalue weighted by molar-refractivity contribution is 7.89. The maximum absolute atomic E-state index is 13.1. The van der Waals surface area contributed by atoms with Gasteiger partial charge < -0.3 is 4.90 Å². The van der Waals surface area contributed by atoms with E-state index >= 15 is 0 Å². The second kappa shape index (κ2) is 8.82. The van der Waals surface area contributed by atoms with E-state index in [1.165, 1.54) is 16.6 Å². The number of hydrogen-bond donors (Lipinski definition) is 0. The van der Waals surface area contributed by atoms with Crippen LogP contribution in [0.15, 0.2) is 47.5 Å². The summed E-state index contributed by atoms with van der Waals surface area (Å²) in [5.74, 6) is -0.208. The zero-order chi connectivity index (χ0) is 22.2. The summed E-state index contributed by atoms with van der Waals surface area (Å²) in [5.41, 5.74) is 0.933.